The molecule has 2 heterocycles. The van der Waals surface area contributed by atoms with Crippen LogP contribution in [0.2, 0.25) is 0 Å². The molecule has 1 fully saturated rings. The number of H-pyrrole nitrogens is 1. The van der Waals surface area contributed by atoms with E-state index in [1.807, 2.05) is 0 Å². The molecule has 2 aromatic rings. The van der Waals surface area contributed by atoms with Crippen LogP contribution < -0.4 is 5.73 Å². The van der Waals surface area contributed by atoms with Crippen molar-refractivity contribution in [1.82, 2.24) is 19.9 Å². The number of aromatic nitrogens is 4. The van der Waals surface area contributed by atoms with Crippen molar-refractivity contribution >= 4 is 23.0 Å². The van der Waals surface area contributed by atoms with E-state index in [1.54, 1.807) is 0 Å². The summed E-state index contributed by atoms with van der Waals surface area (Å²) < 4.78 is 0. The number of rotatable bonds is 2. The van der Waals surface area contributed by atoms with Gasteiger partial charge in [0.05, 0.1) is 5.92 Å². The summed E-state index contributed by atoms with van der Waals surface area (Å²) in [6.07, 6.45) is 2.84. The molecule has 0 spiro atoms. The van der Waals surface area contributed by atoms with Gasteiger partial charge in [-0.3, -0.25) is 4.79 Å². The fourth-order valence-corrected chi connectivity index (χ4v) is 2.91. The van der Waals surface area contributed by atoms with Gasteiger partial charge < -0.3 is 15.8 Å². The fourth-order valence-electron chi connectivity index (χ4n) is 2.91. The molecule has 100 valence electrons. The summed E-state index contributed by atoms with van der Waals surface area (Å²) >= 11 is 0. The lowest BCUT2D eigenvalue weighted by Crippen LogP contribution is -2.17. The Kier molecular flexibility index (Phi) is 2.62. The summed E-state index contributed by atoms with van der Waals surface area (Å²) in [7, 11) is 0. The number of aromatic amines is 1. The molecule has 0 aromatic carbocycles. The number of nitrogen functional groups attached to an aromatic ring is 1. The number of aliphatic carboxylic acids is 1. The zero-order valence-corrected chi connectivity index (χ0v) is 10.5. The maximum Gasteiger partial charge on any atom is 0.307 e. The molecule has 3 atom stereocenters. The van der Waals surface area contributed by atoms with Crippen LogP contribution in [0.1, 0.15) is 31.5 Å². The van der Waals surface area contributed by atoms with Crippen LogP contribution in [-0.2, 0) is 4.79 Å². The van der Waals surface area contributed by atoms with E-state index in [-0.39, 0.29) is 5.92 Å². The van der Waals surface area contributed by atoms with Gasteiger partial charge in [-0.2, -0.15) is 0 Å². The van der Waals surface area contributed by atoms with Crippen LogP contribution in [0.4, 0.5) is 5.82 Å². The highest BCUT2D eigenvalue weighted by atomic mass is 16.4. The molecule has 7 nitrogen and oxygen atoms in total. The van der Waals surface area contributed by atoms with Crippen LogP contribution in [0.5, 0.6) is 0 Å². The molecule has 0 radical (unpaired) electrons. The number of nitrogens with zero attached hydrogens (tertiary/aromatic N) is 3. The van der Waals surface area contributed by atoms with Gasteiger partial charge in [-0.15, -0.1) is 0 Å². The number of anilines is 1. The molecule has 3 rings (SSSR count). The SMILES string of the molecule is CC1CC(C(=O)O)C(c2nc3ncnc(N)c3[nH]2)C1. The number of carbonyl (C=O) groups is 1. The van der Waals surface area contributed by atoms with Gasteiger partial charge in [-0.25, -0.2) is 15.0 Å². The first-order valence-electron chi connectivity index (χ1n) is 6.25. The van der Waals surface area contributed by atoms with Gasteiger partial charge in [-0.05, 0) is 18.8 Å². The van der Waals surface area contributed by atoms with E-state index >= 15 is 0 Å². The van der Waals surface area contributed by atoms with Crippen molar-refractivity contribution in [3.05, 3.63) is 12.2 Å². The zero-order valence-electron chi connectivity index (χ0n) is 10.5. The molecule has 3 unspecified atom stereocenters. The summed E-state index contributed by atoms with van der Waals surface area (Å²) in [6, 6.07) is 0. The molecule has 2 aromatic heterocycles. The average molecular weight is 261 g/mol. The maximum absolute atomic E-state index is 11.3. The molecular formula is C12H15N5O2. The second kappa shape index (κ2) is 4.18. The second-order valence-electron chi connectivity index (χ2n) is 5.21. The van der Waals surface area contributed by atoms with Crippen LogP contribution in [-0.4, -0.2) is 31.0 Å². The van der Waals surface area contributed by atoms with Gasteiger partial charge in [-0.1, -0.05) is 6.92 Å². The Balaban J connectivity index is 2.04. The molecule has 0 saturated heterocycles. The summed E-state index contributed by atoms with van der Waals surface area (Å²) in [6.45, 7) is 2.06. The minimum absolute atomic E-state index is 0.110. The van der Waals surface area contributed by atoms with Crippen molar-refractivity contribution in [3.8, 4) is 0 Å². The van der Waals surface area contributed by atoms with Crippen molar-refractivity contribution in [2.45, 2.75) is 25.7 Å². The van der Waals surface area contributed by atoms with Crippen molar-refractivity contribution in [3.63, 3.8) is 0 Å². The van der Waals surface area contributed by atoms with Crippen LogP contribution in [0.25, 0.3) is 11.2 Å². The molecule has 1 aliphatic carbocycles. The lowest BCUT2D eigenvalue weighted by Gasteiger charge is -2.12. The standard InChI is InChI=1S/C12H15N5O2/c1-5-2-6(7(3-5)12(18)19)10-16-8-9(13)14-4-15-11(8)17-10/h4-7H,2-3H2,1H3,(H,18,19)(H3,13,14,15,16,17). The number of imidazole rings is 1. The third kappa shape index (κ3) is 1.91. The summed E-state index contributed by atoms with van der Waals surface area (Å²) in [4.78, 5) is 26.7. The number of carboxylic acids is 1. The molecular weight excluding hydrogens is 246 g/mol. The normalized spacial score (nSPS) is 26.9. The number of hydrogen-bond donors (Lipinski definition) is 3. The van der Waals surface area contributed by atoms with Crippen molar-refractivity contribution in [2.24, 2.45) is 11.8 Å². The minimum Gasteiger partial charge on any atom is -0.481 e. The third-order valence-corrected chi connectivity index (χ3v) is 3.80. The van der Waals surface area contributed by atoms with Crippen LogP contribution in [0, 0.1) is 11.8 Å². The van der Waals surface area contributed by atoms with E-state index in [4.69, 9.17) is 5.73 Å². The molecule has 0 bridgehead atoms. The number of carboxylic acid groups (broad SMARTS) is 1. The van der Waals surface area contributed by atoms with Crippen LogP contribution in [0.3, 0.4) is 0 Å². The smallest absolute Gasteiger partial charge is 0.307 e. The average Bonchev–Trinajstić information content (AvgIpc) is 2.93. The predicted molar refractivity (Wildman–Crippen MR) is 68.4 cm³/mol. The molecule has 0 amide bonds. The third-order valence-electron chi connectivity index (χ3n) is 3.80. The Hall–Kier alpha value is -2.18. The maximum atomic E-state index is 11.3. The Morgan fingerprint density at radius 2 is 2.26 bits per heavy atom. The Bertz CT molecular complexity index is 638. The van der Waals surface area contributed by atoms with Gasteiger partial charge in [0.2, 0.25) is 0 Å². The van der Waals surface area contributed by atoms with Gasteiger partial charge in [0, 0.05) is 5.92 Å². The number of fused-ring (bicyclic) bond motifs is 1. The van der Waals surface area contributed by atoms with Crippen molar-refractivity contribution in [1.29, 1.82) is 0 Å². The monoisotopic (exact) mass is 261 g/mol. The largest absolute Gasteiger partial charge is 0.481 e. The Labute approximate surface area is 109 Å². The van der Waals surface area contributed by atoms with Crippen molar-refractivity contribution < 1.29 is 9.90 Å². The summed E-state index contributed by atoms with van der Waals surface area (Å²) in [5, 5.41) is 9.30. The van der Waals surface area contributed by atoms with Gasteiger partial charge >= 0.3 is 5.97 Å². The highest BCUT2D eigenvalue weighted by Gasteiger charge is 2.39. The van der Waals surface area contributed by atoms with E-state index in [9.17, 15) is 9.90 Å². The minimum atomic E-state index is -0.770. The Morgan fingerprint density at radius 3 is 2.95 bits per heavy atom. The quantitative estimate of drug-likeness (QED) is 0.746. The topological polar surface area (TPSA) is 118 Å². The second-order valence-corrected chi connectivity index (χ2v) is 5.21. The number of hydrogen-bond acceptors (Lipinski definition) is 5. The molecule has 1 aliphatic rings. The summed E-state index contributed by atoms with van der Waals surface area (Å²) in [5.74, 6) is 0.0862. The fraction of sp³-hybridized carbons (Fsp3) is 0.500. The molecule has 7 heteroatoms. The Morgan fingerprint density at radius 1 is 1.47 bits per heavy atom. The first kappa shape index (κ1) is 11.9. The van der Waals surface area contributed by atoms with Crippen LogP contribution >= 0.6 is 0 Å². The highest BCUT2D eigenvalue weighted by molar-refractivity contribution is 5.81. The first-order valence-corrected chi connectivity index (χ1v) is 6.25. The first-order chi connectivity index (χ1) is 9.06. The molecule has 4 N–H and O–H groups in total. The molecule has 0 aliphatic heterocycles. The van der Waals surface area contributed by atoms with Crippen LogP contribution in [0.15, 0.2) is 6.33 Å². The highest BCUT2D eigenvalue weighted by Crippen LogP contribution is 2.42. The summed E-state index contributed by atoms with van der Waals surface area (Å²) in [5.41, 5.74) is 6.83. The predicted octanol–water partition coefficient (Wildman–Crippen LogP) is 1.15. The molecule has 19 heavy (non-hydrogen) atoms. The van der Waals surface area contributed by atoms with Gasteiger partial charge in [0.1, 0.15) is 17.7 Å². The van der Waals surface area contributed by atoms with E-state index < -0.39 is 11.9 Å². The zero-order chi connectivity index (χ0) is 13.6. The van der Waals surface area contributed by atoms with E-state index in [2.05, 4.69) is 26.9 Å². The van der Waals surface area contributed by atoms with E-state index in [0.717, 1.165) is 6.42 Å². The number of nitrogens with one attached hydrogen (secondary N) is 1. The lowest BCUT2D eigenvalue weighted by molar-refractivity contribution is -0.142. The molecule has 1 saturated carbocycles. The lowest BCUT2D eigenvalue weighted by atomic mass is 9.96. The van der Waals surface area contributed by atoms with E-state index in [1.165, 1.54) is 6.33 Å². The van der Waals surface area contributed by atoms with E-state index in [0.29, 0.717) is 35.1 Å². The van der Waals surface area contributed by atoms with Crippen molar-refractivity contribution in [2.75, 3.05) is 5.73 Å². The van der Waals surface area contributed by atoms with Gasteiger partial charge in [0.25, 0.3) is 0 Å². The van der Waals surface area contributed by atoms with Gasteiger partial charge in [0.15, 0.2) is 11.5 Å². The number of nitrogens with two attached hydrogens (primary N) is 1.